The number of thioether (sulfide) groups is 3. The minimum Gasteiger partial charge on any atom is -0.872 e. The number of aromatic carboxylic acids is 1. The van der Waals surface area contributed by atoms with Gasteiger partial charge in [0.25, 0.3) is 11.8 Å². The zero-order valence-electron chi connectivity index (χ0n) is 61.1. The van der Waals surface area contributed by atoms with E-state index in [4.69, 9.17) is 40.9 Å². The number of carbonyl (C=O) groups is 9. The lowest BCUT2D eigenvalue weighted by Gasteiger charge is -2.50. The minimum atomic E-state index is -1.73. The third-order valence-electron chi connectivity index (χ3n) is 19.0. The first-order chi connectivity index (χ1) is 56.2. The molecule has 4 amide bonds. The highest BCUT2D eigenvalue weighted by Gasteiger charge is 2.53. The number of allylic oxidation sites excluding steroid dienone is 3. The molecule has 15 rings (SSSR count). The lowest BCUT2D eigenvalue weighted by atomic mass is 9.80. The van der Waals surface area contributed by atoms with Crippen molar-refractivity contribution in [3.05, 3.63) is 236 Å². The second kappa shape index (κ2) is 35.4. The molecule has 7 heterocycles. The van der Waals surface area contributed by atoms with Crippen molar-refractivity contribution in [3.8, 4) is 51.0 Å². The summed E-state index contributed by atoms with van der Waals surface area (Å²) in [5.41, 5.74) is 1.85. The van der Waals surface area contributed by atoms with Crippen LogP contribution in [0.5, 0.6) is 17.2 Å². The molecule has 0 bridgehead atoms. The first-order valence-corrected chi connectivity index (χ1v) is 39.0. The van der Waals surface area contributed by atoms with Crippen molar-refractivity contribution < 1.29 is 112 Å². The van der Waals surface area contributed by atoms with Crippen LogP contribution in [0.4, 0.5) is 0 Å². The number of benzene rings is 6. The highest BCUT2D eigenvalue weighted by Crippen LogP contribution is 2.47. The first kappa shape index (κ1) is 85.3. The topological polar surface area (TPSA) is 566 Å². The summed E-state index contributed by atoms with van der Waals surface area (Å²) < 4.78 is 21.9. The average molecular weight is 1720 g/mol. The molecule has 38 heteroatoms. The van der Waals surface area contributed by atoms with Gasteiger partial charge in [-0.05, 0) is 114 Å². The van der Waals surface area contributed by atoms with Gasteiger partial charge >= 0.3 is 17.2 Å². The number of aliphatic hydroxyl groups excluding tert-OH is 1. The molecule has 1 saturated heterocycles. The molecule has 1 fully saturated rings. The molecule has 4 aliphatic carbocycles. The molecule has 612 valence electrons. The Labute approximate surface area is 689 Å². The number of β-lactam (4-membered cyclic amide) rings is 1. The maximum absolute atomic E-state index is 13.3. The van der Waals surface area contributed by atoms with E-state index in [1.807, 2.05) is 13.0 Å². The van der Waals surface area contributed by atoms with E-state index in [1.54, 1.807) is 42.5 Å². The minimum absolute atomic E-state index is 0. The number of fused-ring (bicyclic) bond motifs is 7. The van der Waals surface area contributed by atoms with Crippen LogP contribution in [0.25, 0.3) is 84.4 Å². The van der Waals surface area contributed by atoms with Gasteiger partial charge in [0.05, 0.1) is 70.0 Å². The van der Waals surface area contributed by atoms with Crippen LogP contribution in [0.3, 0.4) is 0 Å². The monoisotopic (exact) mass is 1710 g/mol. The summed E-state index contributed by atoms with van der Waals surface area (Å²) in [6.07, 6.45) is 5.92. The largest absolute Gasteiger partial charge is 0.872 e. The standard InChI is InChI=1S/C40H30ClN3O12S2.C21H16O5.C20H16ClN3O9S.H2O/c41-27-8-17-7-18(40(54)56-29(17)12-28(27)47)13-42-14-32(48)43-34-36(49)44-35(39(52)53)19(16-58-37(34)44)15-57-22-3-6-23(26(11-22)38(50)51)33-24-4-1-20(45)9-30(24)55-31-10-21(46)2-5-25(31)33;1-11-2-5-14(17(8-11)21(24)25)20-15-6-3-12(22)9-18(15)26-19-10-13(23)4-7-16(19)20;1-7-6-34-17(24-14(7)18(28)29)15(19(30)31)23-13(26)5-22-16(27)9-2-8-3-10(21)11(25)4-12(8)33-20(9)32;/h1-12,27-28,34,37,42,45,47H,13-16H2,(H,43,48)(H,50,51)(H,52,53);2-7,9-10,17,22H,8H2,1H3,(H,24,25);2-4,15,17,25H,1,5-6H2,(H,22,27)(H,23,26)(H,28,29)(H,30,31);1H2/p-5. The lowest BCUT2D eigenvalue weighted by molar-refractivity contribution is -0.310. The average Bonchev–Trinajstić information content (AvgIpc) is 0.743. The van der Waals surface area contributed by atoms with Crippen molar-refractivity contribution in [2.75, 3.05) is 30.3 Å². The van der Waals surface area contributed by atoms with Crippen LogP contribution in [-0.2, 0) is 40.1 Å². The number of hydrogen-bond acceptors (Lipinski definition) is 30. The highest BCUT2D eigenvalue weighted by atomic mass is 35.5. The Hall–Kier alpha value is -13.1. The Morgan fingerprint density at radius 2 is 1.40 bits per heavy atom. The molecule has 0 spiro atoms. The number of nitrogens with one attached hydrogen (secondary N) is 4. The summed E-state index contributed by atoms with van der Waals surface area (Å²) >= 11 is 15.2. The fourth-order valence-corrected chi connectivity index (χ4v) is 17.3. The van der Waals surface area contributed by atoms with E-state index in [0.29, 0.717) is 77.6 Å². The number of carbonyl (C=O) groups excluding carboxylic acids is 8. The van der Waals surface area contributed by atoms with Gasteiger partial charge in [0.15, 0.2) is 10.9 Å². The number of aliphatic carboxylic acids is 4. The number of carboxylic acids is 5. The van der Waals surface area contributed by atoms with E-state index in [9.17, 15) is 108 Å². The van der Waals surface area contributed by atoms with Gasteiger partial charge in [0, 0.05) is 108 Å². The number of halogens is 2. The molecule has 7 unspecified atom stereocenters. The Morgan fingerprint density at radius 1 is 0.723 bits per heavy atom. The highest BCUT2D eigenvalue weighted by molar-refractivity contribution is 8.01. The summed E-state index contributed by atoms with van der Waals surface area (Å²) in [4.78, 5) is 164. The predicted octanol–water partition coefficient (Wildman–Crippen LogP) is -0.0668. The zero-order chi connectivity index (χ0) is 84.6. The van der Waals surface area contributed by atoms with Crippen molar-refractivity contribution >= 4 is 168 Å². The van der Waals surface area contributed by atoms with Gasteiger partial charge in [-0.2, -0.15) is 0 Å². The number of hydrogen-bond donors (Lipinski definition) is 8. The van der Waals surface area contributed by atoms with Gasteiger partial charge < -0.3 is 110 Å². The number of alkyl halides is 1. The molecule has 119 heavy (non-hydrogen) atoms. The maximum Gasteiger partial charge on any atom is 0.349 e. The number of aliphatic hydroxyl groups is 1. The number of amides is 4. The molecule has 5 aliphatic heterocycles. The molecule has 0 saturated carbocycles. The van der Waals surface area contributed by atoms with Crippen molar-refractivity contribution in [3.63, 3.8) is 0 Å². The van der Waals surface area contributed by atoms with Crippen LogP contribution in [-0.4, -0.2) is 155 Å². The van der Waals surface area contributed by atoms with E-state index < -0.39 is 123 Å². The molecule has 7 atom stereocenters. The van der Waals surface area contributed by atoms with E-state index in [0.717, 1.165) is 46.1 Å². The predicted molar refractivity (Wildman–Crippen MR) is 425 cm³/mol. The van der Waals surface area contributed by atoms with Gasteiger partial charge in [0.2, 0.25) is 11.8 Å². The molecule has 4 aromatic carbocycles. The molecular formula is C81H59Cl2N6O27S3-5. The van der Waals surface area contributed by atoms with Gasteiger partial charge in [-0.1, -0.05) is 60.2 Å². The number of carboxylic acid groups (broad SMARTS) is 5. The number of aromatic hydroxyl groups is 2. The third-order valence-corrected chi connectivity index (χ3v) is 23.4. The van der Waals surface area contributed by atoms with Crippen molar-refractivity contribution in [1.82, 2.24) is 26.2 Å². The molecule has 33 nitrogen and oxygen atoms in total. The van der Waals surface area contributed by atoms with Crippen molar-refractivity contribution in [2.45, 2.75) is 59.1 Å². The number of phenolic OH excluding ortho intramolecular Hbond substituents is 2. The SMILES string of the molecule is C=C1CSC(C(NC(=O)CNC(=O)c2cc3cc(Cl)c(O)cc3oc2=O)C(=O)[O-])N=C1C(=O)[O-].CC1=CC=C(c2c3ccc(=O)cc-3oc3cc(O)ccc23)C(C(=O)[O-])C1.O.O=C(CNCc1cc2c(oc1=O)=CC(O)C(Cl)C=2)NC1C(=O)N2C(C(=O)[O-])=C(CSc3ccc(-c4c5ccc(=O)cc-5oc5cc([O-])ccc45)c(C(=O)O)c3)CSC12. The molecule has 10 N–H and O–H groups in total. The molecule has 2 aromatic heterocycles. The van der Waals surface area contributed by atoms with E-state index >= 15 is 0 Å². The number of aliphatic imine (C=N–C) groups is 1. The summed E-state index contributed by atoms with van der Waals surface area (Å²) in [5, 5.41) is 107. The Balaban J connectivity index is 0.000000180. The third kappa shape index (κ3) is 18.2. The van der Waals surface area contributed by atoms with E-state index in [-0.39, 0.29) is 119 Å². The zero-order valence-corrected chi connectivity index (χ0v) is 65.1. The number of phenols is 2. The van der Waals surface area contributed by atoms with Crippen molar-refractivity contribution in [1.29, 1.82) is 0 Å². The quantitative estimate of drug-likeness (QED) is 0.0163. The fourth-order valence-electron chi connectivity index (χ4n) is 13.5. The summed E-state index contributed by atoms with van der Waals surface area (Å²) in [6, 6.07) is 24.3. The van der Waals surface area contributed by atoms with E-state index in [2.05, 4.69) is 32.8 Å². The molecule has 6 aromatic rings. The Bertz CT molecular complexity index is 6450. The Morgan fingerprint density at radius 3 is 2.08 bits per heavy atom. The van der Waals surface area contributed by atoms with Gasteiger partial charge in [0.1, 0.15) is 73.6 Å². The van der Waals surface area contributed by atoms with Crippen LogP contribution in [0, 0.1) is 5.92 Å². The second-order valence-corrected chi connectivity index (χ2v) is 31.1. The van der Waals surface area contributed by atoms with E-state index in [1.165, 1.54) is 90.6 Å². The summed E-state index contributed by atoms with van der Waals surface area (Å²) in [7, 11) is 0. The molecule has 9 aliphatic rings. The first-order valence-electron chi connectivity index (χ1n) is 35.1. The summed E-state index contributed by atoms with van der Waals surface area (Å²) in [6.45, 7) is 4.32. The molecular weight excluding hydrogens is 1660 g/mol. The number of nitrogens with zero attached hydrogens (tertiary/aromatic N) is 2. The second-order valence-electron chi connectivity index (χ2n) is 27.0. The van der Waals surface area contributed by atoms with Crippen LogP contribution >= 0.6 is 58.5 Å². The lowest BCUT2D eigenvalue weighted by Crippen LogP contribution is -2.71. The smallest absolute Gasteiger partial charge is 0.349 e. The normalized spacial score (nSPS) is 18.1. The Kier molecular flexibility index (Phi) is 25.4. The van der Waals surface area contributed by atoms with Gasteiger partial charge in [-0.15, -0.1) is 52.6 Å². The van der Waals surface area contributed by atoms with Crippen LogP contribution in [0.1, 0.15) is 45.2 Å². The van der Waals surface area contributed by atoms with Crippen LogP contribution in [0.2, 0.25) is 5.02 Å². The van der Waals surface area contributed by atoms with Crippen molar-refractivity contribution in [2.24, 2.45) is 10.9 Å². The number of rotatable bonds is 20. The summed E-state index contributed by atoms with van der Waals surface area (Å²) in [5.74, 6) is -11.2. The van der Waals surface area contributed by atoms with Crippen LogP contribution in [0.15, 0.2) is 203 Å². The fraction of sp³-hybridized carbons (Fsp3) is 0.185. The van der Waals surface area contributed by atoms with Gasteiger partial charge in [-0.3, -0.25) is 38.7 Å². The van der Waals surface area contributed by atoms with Crippen LogP contribution < -0.4 is 79.5 Å². The maximum atomic E-state index is 13.3. The van der Waals surface area contributed by atoms with Gasteiger partial charge in [-0.25, -0.2) is 14.4 Å². The molecule has 0 radical (unpaired) electrons.